The first-order chi connectivity index (χ1) is 13.1. The number of amides is 2. The molecule has 2 amide bonds. The number of benzene rings is 2. The molecule has 0 saturated heterocycles. The van der Waals surface area contributed by atoms with Crippen LogP contribution < -0.4 is 5.32 Å². The highest BCUT2D eigenvalue weighted by atomic mass is 32.2. The molecule has 3 rings (SSSR count). The van der Waals surface area contributed by atoms with Crippen LogP contribution >= 0.6 is 11.8 Å². The summed E-state index contributed by atoms with van der Waals surface area (Å²) in [5, 5.41) is 2.86. The standard InChI is InChI=1S/C20H20N4O2S/c1-23(13-19(25)22-16-10-6-7-11-18(16)27-2)20(26)17-12-21-14-24(17)15-8-4-3-5-9-15/h3-12,14H,13H2,1-2H3,(H,22,25). The van der Waals surface area contributed by atoms with E-state index in [4.69, 9.17) is 0 Å². The number of nitrogens with one attached hydrogen (secondary N) is 1. The number of anilines is 1. The normalized spacial score (nSPS) is 10.4. The molecule has 0 saturated carbocycles. The van der Waals surface area contributed by atoms with Gasteiger partial charge >= 0.3 is 0 Å². The highest BCUT2D eigenvalue weighted by molar-refractivity contribution is 7.98. The average molecular weight is 380 g/mol. The molecule has 7 heteroatoms. The van der Waals surface area contributed by atoms with E-state index in [1.807, 2.05) is 60.9 Å². The van der Waals surface area contributed by atoms with Crippen LogP contribution in [-0.2, 0) is 4.79 Å². The third-order valence-electron chi connectivity index (χ3n) is 4.00. The maximum atomic E-state index is 12.8. The van der Waals surface area contributed by atoms with Crippen LogP contribution in [0.3, 0.4) is 0 Å². The lowest BCUT2D eigenvalue weighted by Gasteiger charge is -2.18. The lowest BCUT2D eigenvalue weighted by atomic mass is 10.3. The van der Waals surface area contributed by atoms with Gasteiger partial charge in [0.2, 0.25) is 5.91 Å². The van der Waals surface area contributed by atoms with Crippen molar-refractivity contribution in [3.8, 4) is 5.69 Å². The van der Waals surface area contributed by atoms with Gasteiger partial charge in [-0.25, -0.2) is 4.98 Å². The Bertz CT molecular complexity index is 940. The Morgan fingerprint density at radius 1 is 1.11 bits per heavy atom. The Morgan fingerprint density at radius 2 is 1.81 bits per heavy atom. The van der Waals surface area contributed by atoms with Crippen molar-refractivity contribution in [1.29, 1.82) is 0 Å². The number of carbonyl (C=O) groups excluding carboxylic acids is 2. The van der Waals surface area contributed by atoms with E-state index < -0.39 is 0 Å². The molecule has 0 unspecified atom stereocenters. The quantitative estimate of drug-likeness (QED) is 0.666. The molecule has 0 aliphatic heterocycles. The summed E-state index contributed by atoms with van der Waals surface area (Å²) in [7, 11) is 1.60. The van der Waals surface area contributed by atoms with E-state index in [0.717, 1.165) is 16.3 Å². The first-order valence-electron chi connectivity index (χ1n) is 8.36. The van der Waals surface area contributed by atoms with Gasteiger partial charge < -0.3 is 10.2 Å². The van der Waals surface area contributed by atoms with Crippen LogP contribution in [0.15, 0.2) is 72.0 Å². The molecule has 3 aromatic rings. The van der Waals surface area contributed by atoms with E-state index in [2.05, 4.69) is 10.3 Å². The molecule has 0 aliphatic rings. The van der Waals surface area contributed by atoms with Gasteiger partial charge in [0.1, 0.15) is 5.69 Å². The molecular formula is C20H20N4O2S. The number of likely N-dealkylation sites (N-methyl/N-ethyl adjacent to an activating group) is 1. The van der Waals surface area contributed by atoms with E-state index in [0.29, 0.717) is 5.69 Å². The van der Waals surface area contributed by atoms with E-state index in [-0.39, 0.29) is 18.4 Å². The number of hydrogen-bond acceptors (Lipinski definition) is 4. The molecule has 1 heterocycles. The van der Waals surface area contributed by atoms with Crippen LogP contribution in [0.25, 0.3) is 5.69 Å². The molecule has 0 spiro atoms. The van der Waals surface area contributed by atoms with Crippen LogP contribution in [0.1, 0.15) is 10.5 Å². The van der Waals surface area contributed by atoms with Crippen molar-refractivity contribution in [2.75, 3.05) is 25.2 Å². The van der Waals surface area contributed by atoms with Gasteiger partial charge in [-0.2, -0.15) is 0 Å². The smallest absolute Gasteiger partial charge is 0.272 e. The number of rotatable bonds is 6. The number of para-hydroxylation sites is 2. The summed E-state index contributed by atoms with van der Waals surface area (Å²) in [5.41, 5.74) is 1.98. The molecule has 0 radical (unpaired) electrons. The first-order valence-corrected chi connectivity index (χ1v) is 9.58. The van der Waals surface area contributed by atoms with Gasteiger partial charge in [0, 0.05) is 17.6 Å². The molecular weight excluding hydrogens is 360 g/mol. The van der Waals surface area contributed by atoms with Crippen molar-refractivity contribution in [3.63, 3.8) is 0 Å². The fourth-order valence-electron chi connectivity index (χ4n) is 2.67. The van der Waals surface area contributed by atoms with E-state index >= 15 is 0 Å². The summed E-state index contributed by atoms with van der Waals surface area (Å²) >= 11 is 1.55. The van der Waals surface area contributed by atoms with E-state index in [9.17, 15) is 9.59 Å². The summed E-state index contributed by atoms with van der Waals surface area (Å²) < 4.78 is 1.71. The molecule has 138 valence electrons. The summed E-state index contributed by atoms with van der Waals surface area (Å²) in [6, 6.07) is 17.0. The Kier molecular flexibility index (Phi) is 5.93. The number of aromatic nitrogens is 2. The zero-order valence-corrected chi connectivity index (χ0v) is 15.9. The van der Waals surface area contributed by atoms with Gasteiger partial charge in [0.05, 0.1) is 24.8 Å². The molecule has 2 aromatic carbocycles. The number of imidazole rings is 1. The lowest BCUT2D eigenvalue weighted by Crippen LogP contribution is -2.35. The number of carbonyl (C=O) groups is 2. The molecule has 1 N–H and O–H groups in total. The monoisotopic (exact) mass is 380 g/mol. The third kappa shape index (κ3) is 4.38. The minimum absolute atomic E-state index is 0.0540. The van der Waals surface area contributed by atoms with Gasteiger partial charge in [-0.05, 0) is 30.5 Å². The molecule has 0 atom stereocenters. The highest BCUT2D eigenvalue weighted by Crippen LogP contribution is 2.24. The average Bonchev–Trinajstić information content (AvgIpc) is 3.18. The van der Waals surface area contributed by atoms with Gasteiger partial charge in [-0.1, -0.05) is 30.3 Å². The van der Waals surface area contributed by atoms with Crippen LogP contribution in [0, 0.1) is 0 Å². The van der Waals surface area contributed by atoms with E-state index in [1.54, 1.807) is 29.7 Å². The molecule has 6 nitrogen and oxygen atoms in total. The van der Waals surface area contributed by atoms with Gasteiger partial charge in [-0.15, -0.1) is 11.8 Å². The van der Waals surface area contributed by atoms with Gasteiger partial charge in [0.15, 0.2) is 0 Å². The molecule has 0 bridgehead atoms. The summed E-state index contributed by atoms with van der Waals surface area (Å²) in [4.78, 5) is 31.6. The lowest BCUT2D eigenvalue weighted by molar-refractivity contribution is -0.116. The second-order valence-electron chi connectivity index (χ2n) is 5.89. The topological polar surface area (TPSA) is 67.2 Å². The Morgan fingerprint density at radius 3 is 2.56 bits per heavy atom. The van der Waals surface area contributed by atoms with Crippen molar-refractivity contribution >= 4 is 29.3 Å². The number of thioether (sulfide) groups is 1. The van der Waals surface area contributed by atoms with Crippen molar-refractivity contribution in [3.05, 3.63) is 72.8 Å². The summed E-state index contributed by atoms with van der Waals surface area (Å²) in [6.07, 6.45) is 5.04. The second-order valence-corrected chi connectivity index (χ2v) is 6.74. The third-order valence-corrected chi connectivity index (χ3v) is 4.80. The van der Waals surface area contributed by atoms with Crippen molar-refractivity contribution < 1.29 is 9.59 Å². The molecule has 27 heavy (non-hydrogen) atoms. The highest BCUT2D eigenvalue weighted by Gasteiger charge is 2.19. The largest absolute Gasteiger partial charge is 0.331 e. The van der Waals surface area contributed by atoms with Crippen LogP contribution in [0.4, 0.5) is 5.69 Å². The number of nitrogens with zero attached hydrogens (tertiary/aromatic N) is 3. The SMILES string of the molecule is CSc1ccccc1NC(=O)CN(C)C(=O)c1cncn1-c1ccccc1. The van der Waals surface area contributed by atoms with Crippen molar-refractivity contribution in [1.82, 2.24) is 14.5 Å². The Hall–Kier alpha value is -3.06. The van der Waals surface area contributed by atoms with Crippen molar-refractivity contribution in [2.45, 2.75) is 4.90 Å². The second kappa shape index (κ2) is 8.55. The maximum Gasteiger partial charge on any atom is 0.272 e. The first kappa shape index (κ1) is 18.7. The van der Waals surface area contributed by atoms with Crippen LogP contribution in [-0.4, -0.2) is 46.1 Å². The minimum Gasteiger partial charge on any atom is -0.331 e. The van der Waals surface area contributed by atoms with Gasteiger partial charge in [-0.3, -0.25) is 14.2 Å². The predicted octanol–water partition coefficient (Wildman–Crippen LogP) is 3.30. The van der Waals surface area contributed by atoms with Crippen molar-refractivity contribution in [2.24, 2.45) is 0 Å². The Balaban J connectivity index is 1.70. The zero-order chi connectivity index (χ0) is 19.2. The fraction of sp³-hybridized carbons (Fsp3) is 0.150. The van der Waals surface area contributed by atoms with Gasteiger partial charge in [0.25, 0.3) is 5.91 Å². The molecule has 1 aromatic heterocycles. The Labute approximate surface area is 162 Å². The predicted molar refractivity (Wildman–Crippen MR) is 107 cm³/mol. The summed E-state index contributed by atoms with van der Waals surface area (Å²) in [5.74, 6) is -0.525. The van der Waals surface area contributed by atoms with E-state index in [1.165, 1.54) is 11.1 Å². The summed E-state index contributed by atoms with van der Waals surface area (Å²) in [6.45, 7) is -0.0540. The van der Waals surface area contributed by atoms with Crippen LogP contribution in [0.2, 0.25) is 0 Å². The van der Waals surface area contributed by atoms with Crippen LogP contribution in [0.5, 0.6) is 0 Å². The zero-order valence-electron chi connectivity index (χ0n) is 15.1. The molecule has 0 fully saturated rings. The fourth-order valence-corrected chi connectivity index (χ4v) is 3.22. The minimum atomic E-state index is -0.273. The maximum absolute atomic E-state index is 12.8. The molecule has 0 aliphatic carbocycles. The number of hydrogen-bond donors (Lipinski definition) is 1.